The van der Waals surface area contributed by atoms with Crippen LogP contribution in [0.1, 0.15) is 72.9 Å². The second-order valence-electron chi connectivity index (χ2n) is 13.7. The fourth-order valence-corrected chi connectivity index (χ4v) is 6.99. The SMILES string of the molecule is Cc1ccc(C(=O)N[C@H]2CC[C@H](O)CC2)cc1-c1ccc(C[C@H](NC(=O)[C@H]2CC[C@H](CN)CC2)C(=O)Nc2ccc(-c3nn[nH]n3)cc2)cc1. The summed E-state index contributed by atoms with van der Waals surface area (Å²) < 4.78 is 0. The predicted octanol–water partition coefficient (Wildman–Crippen LogP) is 4.31. The highest BCUT2D eigenvalue weighted by Crippen LogP contribution is 2.29. The van der Waals surface area contributed by atoms with Crippen molar-refractivity contribution >= 4 is 23.4 Å². The third-order valence-electron chi connectivity index (χ3n) is 10.2. The Kier molecular flexibility index (Phi) is 11.3. The molecular formula is C38H46N8O4. The first kappa shape index (κ1) is 34.9. The monoisotopic (exact) mass is 678 g/mol. The van der Waals surface area contributed by atoms with Crippen molar-refractivity contribution in [2.45, 2.75) is 82.9 Å². The van der Waals surface area contributed by atoms with Crippen LogP contribution in [0.5, 0.6) is 0 Å². The second kappa shape index (κ2) is 16.2. The minimum absolute atomic E-state index is 0.0672. The Hall–Kier alpha value is -4.94. The predicted molar refractivity (Wildman–Crippen MR) is 191 cm³/mol. The summed E-state index contributed by atoms with van der Waals surface area (Å²) in [5, 5.41) is 33.0. The van der Waals surface area contributed by atoms with E-state index >= 15 is 0 Å². The van der Waals surface area contributed by atoms with Crippen LogP contribution in [0.25, 0.3) is 22.5 Å². The summed E-state index contributed by atoms with van der Waals surface area (Å²) in [6, 6.07) is 20.0. The van der Waals surface area contributed by atoms with Crippen molar-refractivity contribution in [1.29, 1.82) is 0 Å². The second-order valence-corrected chi connectivity index (χ2v) is 13.7. The Labute approximate surface area is 292 Å². The number of carbonyl (C=O) groups is 3. The Morgan fingerprint density at radius 3 is 2.26 bits per heavy atom. The van der Waals surface area contributed by atoms with E-state index < -0.39 is 6.04 Å². The highest BCUT2D eigenvalue weighted by atomic mass is 16.3. The molecule has 6 rings (SSSR count). The van der Waals surface area contributed by atoms with Crippen molar-refractivity contribution in [2.24, 2.45) is 17.6 Å². The normalized spacial score (nSPS) is 21.2. The summed E-state index contributed by atoms with van der Waals surface area (Å²) >= 11 is 0. The van der Waals surface area contributed by atoms with E-state index in [4.69, 9.17) is 5.73 Å². The van der Waals surface area contributed by atoms with Crippen LogP contribution in [-0.4, -0.2) is 68.2 Å². The van der Waals surface area contributed by atoms with Gasteiger partial charge in [-0.15, -0.1) is 10.2 Å². The molecule has 12 nitrogen and oxygen atoms in total. The van der Waals surface area contributed by atoms with Gasteiger partial charge in [0.25, 0.3) is 5.91 Å². The number of hydrogen-bond acceptors (Lipinski definition) is 8. The molecule has 0 unspecified atom stereocenters. The summed E-state index contributed by atoms with van der Waals surface area (Å²) in [4.78, 5) is 40.3. The van der Waals surface area contributed by atoms with Gasteiger partial charge in [0.05, 0.1) is 6.10 Å². The number of aromatic nitrogens is 4. The first-order valence-electron chi connectivity index (χ1n) is 17.6. The van der Waals surface area contributed by atoms with E-state index in [0.29, 0.717) is 48.8 Å². The third-order valence-corrected chi connectivity index (χ3v) is 10.2. The summed E-state index contributed by atoms with van der Waals surface area (Å²) in [6.45, 7) is 2.64. The van der Waals surface area contributed by atoms with Gasteiger partial charge in [-0.25, -0.2) is 0 Å². The van der Waals surface area contributed by atoms with Crippen molar-refractivity contribution in [1.82, 2.24) is 31.3 Å². The molecule has 262 valence electrons. The molecule has 0 radical (unpaired) electrons. The van der Waals surface area contributed by atoms with E-state index in [2.05, 4.69) is 36.6 Å². The molecule has 3 amide bonds. The minimum atomic E-state index is -0.799. The third kappa shape index (κ3) is 8.80. The van der Waals surface area contributed by atoms with Gasteiger partial charge in [-0.3, -0.25) is 14.4 Å². The zero-order valence-corrected chi connectivity index (χ0v) is 28.4. The van der Waals surface area contributed by atoms with E-state index in [9.17, 15) is 19.5 Å². The standard InChI is InChI=1S/C38H46N8O4/c1-23-2-7-29(37(49)40-31-16-18-32(47)19-17-31)21-33(23)26-8-3-24(4-9-26)20-34(42-36(48)28-10-5-25(22-39)6-11-28)38(50)41-30-14-12-27(13-15-30)35-43-45-46-44-35/h2-4,7-9,12-15,21,25,28,31-32,34,47H,5-6,10-11,16-20,22,39H2,1H3,(H,40,49)(H,41,50)(H,42,48)(H,43,44,45,46)/t25-,28-,31-,32-,34-/m0/s1. The van der Waals surface area contributed by atoms with Crippen molar-refractivity contribution in [3.05, 3.63) is 83.4 Å². The molecule has 0 saturated heterocycles. The van der Waals surface area contributed by atoms with Crippen LogP contribution < -0.4 is 21.7 Å². The zero-order chi connectivity index (χ0) is 35.0. The highest BCUT2D eigenvalue weighted by Gasteiger charge is 2.29. The minimum Gasteiger partial charge on any atom is -0.393 e. The highest BCUT2D eigenvalue weighted by molar-refractivity contribution is 5.98. The number of nitrogens with two attached hydrogens (primary N) is 1. The Morgan fingerprint density at radius 2 is 1.60 bits per heavy atom. The topological polar surface area (TPSA) is 188 Å². The molecule has 4 aromatic rings. The van der Waals surface area contributed by atoms with E-state index in [1.54, 1.807) is 24.3 Å². The van der Waals surface area contributed by atoms with Gasteiger partial charge in [0.15, 0.2) is 0 Å². The average molecular weight is 679 g/mol. The zero-order valence-electron chi connectivity index (χ0n) is 28.4. The summed E-state index contributed by atoms with van der Waals surface area (Å²) in [5.41, 5.74) is 11.6. The molecule has 2 aliphatic carbocycles. The molecule has 1 atom stereocenters. The Bertz CT molecular complexity index is 1740. The number of aliphatic hydroxyl groups is 1. The molecule has 1 heterocycles. The van der Waals surface area contributed by atoms with Gasteiger partial charge in [0, 0.05) is 35.2 Å². The molecule has 2 saturated carbocycles. The number of carbonyl (C=O) groups excluding carboxylic acids is 3. The number of hydrogen-bond donors (Lipinski definition) is 6. The number of benzene rings is 3. The number of aryl methyl sites for hydroxylation is 1. The van der Waals surface area contributed by atoms with Gasteiger partial charge in [0.1, 0.15) is 6.04 Å². The van der Waals surface area contributed by atoms with E-state index in [-0.39, 0.29) is 35.8 Å². The molecule has 2 fully saturated rings. The smallest absolute Gasteiger partial charge is 0.251 e. The van der Waals surface area contributed by atoms with Crippen LogP contribution in [0, 0.1) is 18.8 Å². The van der Waals surface area contributed by atoms with Crippen molar-refractivity contribution in [3.63, 3.8) is 0 Å². The molecule has 1 aromatic heterocycles. The molecule has 3 aromatic carbocycles. The first-order chi connectivity index (χ1) is 24.2. The van der Waals surface area contributed by atoms with Crippen LogP contribution >= 0.6 is 0 Å². The lowest BCUT2D eigenvalue weighted by Gasteiger charge is -2.28. The number of H-pyrrole nitrogens is 1. The summed E-state index contributed by atoms with van der Waals surface area (Å²) in [7, 11) is 0. The number of tetrazole rings is 1. The van der Waals surface area contributed by atoms with Crippen molar-refractivity contribution in [2.75, 3.05) is 11.9 Å². The summed E-state index contributed by atoms with van der Waals surface area (Å²) in [6.07, 6.45) is 6.31. The lowest BCUT2D eigenvalue weighted by Crippen LogP contribution is -2.48. The van der Waals surface area contributed by atoms with Crippen molar-refractivity contribution in [3.8, 4) is 22.5 Å². The number of aliphatic hydroxyl groups excluding tert-OH is 1. The van der Waals surface area contributed by atoms with Gasteiger partial charge in [0.2, 0.25) is 17.6 Å². The van der Waals surface area contributed by atoms with Gasteiger partial charge in [-0.2, -0.15) is 5.21 Å². The van der Waals surface area contributed by atoms with E-state index in [1.807, 2.05) is 49.4 Å². The Balaban J connectivity index is 1.15. The Morgan fingerprint density at radius 1 is 0.900 bits per heavy atom. The molecule has 0 bridgehead atoms. The largest absolute Gasteiger partial charge is 0.393 e. The maximum atomic E-state index is 13.7. The number of rotatable bonds is 11. The number of amides is 3. The number of nitrogens with one attached hydrogen (secondary N) is 4. The maximum absolute atomic E-state index is 13.7. The molecule has 7 N–H and O–H groups in total. The molecule has 12 heteroatoms. The van der Waals surface area contributed by atoms with E-state index in [0.717, 1.165) is 66.3 Å². The van der Waals surface area contributed by atoms with Crippen LogP contribution in [0.15, 0.2) is 66.7 Å². The number of aromatic amines is 1. The van der Waals surface area contributed by atoms with Gasteiger partial charge in [-0.1, -0.05) is 30.3 Å². The number of nitrogens with zero attached hydrogens (tertiary/aromatic N) is 3. The molecule has 0 spiro atoms. The molecule has 2 aliphatic rings. The molecular weight excluding hydrogens is 632 g/mol. The molecule has 0 aliphatic heterocycles. The van der Waals surface area contributed by atoms with Gasteiger partial charge < -0.3 is 26.8 Å². The quantitative estimate of drug-likeness (QED) is 0.135. The fourth-order valence-electron chi connectivity index (χ4n) is 6.99. The van der Waals surface area contributed by atoms with Gasteiger partial charge >= 0.3 is 0 Å². The number of anilines is 1. The van der Waals surface area contributed by atoms with E-state index in [1.165, 1.54) is 0 Å². The van der Waals surface area contributed by atoms with Crippen LogP contribution in [0.3, 0.4) is 0 Å². The summed E-state index contributed by atoms with van der Waals surface area (Å²) in [5.74, 6) is 0.202. The molecule has 50 heavy (non-hydrogen) atoms. The van der Waals surface area contributed by atoms with Gasteiger partial charge in [-0.05, 0) is 135 Å². The maximum Gasteiger partial charge on any atom is 0.251 e. The van der Waals surface area contributed by atoms with Crippen LogP contribution in [0.2, 0.25) is 0 Å². The van der Waals surface area contributed by atoms with Crippen molar-refractivity contribution < 1.29 is 19.5 Å². The lowest BCUT2D eigenvalue weighted by atomic mass is 9.81. The lowest BCUT2D eigenvalue weighted by molar-refractivity contribution is -0.130. The first-order valence-corrected chi connectivity index (χ1v) is 17.6. The average Bonchev–Trinajstić information content (AvgIpc) is 3.68. The van der Waals surface area contributed by atoms with Crippen LogP contribution in [-0.2, 0) is 16.0 Å². The fraction of sp³-hybridized carbons (Fsp3) is 0.421. The van der Waals surface area contributed by atoms with Crippen LogP contribution in [0.4, 0.5) is 5.69 Å².